The van der Waals surface area contributed by atoms with E-state index in [4.69, 9.17) is 10.9 Å². The highest BCUT2D eigenvalue weighted by Gasteiger charge is 2.55. The predicted octanol–water partition coefficient (Wildman–Crippen LogP) is -2.24. The smallest absolute Gasteiger partial charge is 0.313 e. The summed E-state index contributed by atoms with van der Waals surface area (Å²) in [5.74, 6) is -0.954. The number of primary sulfonamides is 1. The molecule has 0 aromatic carbocycles. The Morgan fingerprint density at radius 3 is 2.89 bits per heavy atom. The van der Waals surface area contributed by atoms with E-state index in [1.807, 2.05) is 0 Å². The maximum absolute atomic E-state index is 11.9. The minimum absolute atomic E-state index is 0.0898. The van der Waals surface area contributed by atoms with Crippen LogP contribution in [0.15, 0.2) is 5.16 Å². The molecule has 2 aliphatic rings. The molecule has 2 aliphatic heterocycles. The van der Waals surface area contributed by atoms with Crippen LogP contribution in [0, 0.1) is 5.41 Å². The summed E-state index contributed by atoms with van der Waals surface area (Å²) in [5, 5.41) is 26.2. The zero-order valence-corrected chi connectivity index (χ0v) is 16.5. The molecule has 27 heavy (non-hydrogen) atoms. The first-order valence-electron chi connectivity index (χ1n) is 7.93. The normalized spacial score (nSPS) is 27.9. The molecule has 0 bridgehead atoms. The Hall–Kier alpha value is -1.42. The van der Waals surface area contributed by atoms with Crippen molar-refractivity contribution in [1.29, 1.82) is 0 Å². The van der Waals surface area contributed by atoms with Crippen LogP contribution in [0.5, 0.6) is 0 Å². The van der Waals surface area contributed by atoms with Crippen LogP contribution in [0.25, 0.3) is 0 Å². The fourth-order valence-electron chi connectivity index (χ4n) is 2.87. The van der Waals surface area contributed by atoms with Gasteiger partial charge in [-0.1, -0.05) is 11.8 Å². The molecule has 0 saturated carbocycles. The number of aliphatic carboxylic acids is 1. The Bertz CT molecular complexity index is 846. The third-order valence-electron chi connectivity index (χ3n) is 4.42. The lowest BCUT2D eigenvalue weighted by Crippen LogP contribution is -2.72. The number of carboxylic acid groups (broad SMARTS) is 1. The minimum atomic E-state index is -3.57. The number of hydrogen-bond acceptors (Lipinski definition) is 10. The zero-order chi connectivity index (χ0) is 19.8. The van der Waals surface area contributed by atoms with Gasteiger partial charge in [0.25, 0.3) is 0 Å². The molecule has 3 atom stereocenters. The van der Waals surface area contributed by atoms with Crippen molar-refractivity contribution in [3.05, 3.63) is 0 Å². The number of amides is 1. The predicted molar refractivity (Wildman–Crippen MR) is 97.1 cm³/mol. The van der Waals surface area contributed by atoms with Gasteiger partial charge in [0.05, 0.1) is 5.75 Å². The van der Waals surface area contributed by atoms with Crippen LogP contribution < -0.4 is 10.9 Å². The number of rotatable bonds is 8. The molecular formula is C12H19N7O5S3. The molecule has 0 spiro atoms. The third-order valence-corrected chi connectivity index (χ3v) is 8.13. The molecule has 12 nitrogen and oxygen atoms in total. The Morgan fingerprint density at radius 2 is 2.22 bits per heavy atom. The molecule has 2 saturated heterocycles. The van der Waals surface area contributed by atoms with Gasteiger partial charge in [0.2, 0.25) is 21.1 Å². The van der Waals surface area contributed by atoms with Crippen molar-refractivity contribution in [1.82, 2.24) is 25.1 Å². The SMILES string of the molecule is NC1C(=O)N2CC(CSc3nnnn3CCCS(N)(=O)=O)(C(=O)O)CS[C@H]12. The van der Waals surface area contributed by atoms with Crippen LogP contribution >= 0.6 is 23.5 Å². The van der Waals surface area contributed by atoms with Crippen LogP contribution in [0.2, 0.25) is 0 Å². The van der Waals surface area contributed by atoms with Crippen molar-refractivity contribution < 1.29 is 23.1 Å². The number of nitrogens with two attached hydrogens (primary N) is 2. The van der Waals surface area contributed by atoms with Gasteiger partial charge in [-0.25, -0.2) is 18.2 Å². The number of β-lactam (4-membered cyclic amide) rings is 1. The first kappa shape index (κ1) is 20.3. The van der Waals surface area contributed by atoms with Gasteiger partial charge in [0.1, 0.15) is 16.8 Å². The summed E-state index contributed by atoms with van der Waals surface area (Å²) >= 11 is 2.52. The Balaban J connectivity index is 1.64. The van der Waals surface area contributed by atoms with Crippen LogP contribution in [-0.4, -0.2) is 85.7 Å². The largest absolute Gasteiger partial charge is 0.481 e. The molecule has 150 valence electrons. The lowest BCUT2D eigenvalue weighted by atomic mass is 9.89. The number of carbonyl (C=O) groups excluding carboxylic acids is 1. The summed E-state index contributed by atoms with van der Waals surface area (Å²) in [6.07, 6.45) is 0.235. The fraction of sp³-hybridized carbons (Fsp3) is 0.750. The lowest BCUT2D eigenvalue weighted by Gasteiger charge is -2.52. The fourth-order valence-corrected chi connectivity index (χ4v) is 6.11. The number of sulfonamides is 1. The molecule has 1 aromatic rings. The molecule has 0 radical (unpaired) electrons. The van der Waals surface area contributed by atoms with Gasteiger partial charge >= 0.3 is 5.97 Å². The van der Waals surface area contributed by atoms with Gasteiger partial charge < -0.3 is 15.7 Å². The van der Waals surface area contributed by atoms with E-state index in [0.717, 1.165) is 11.8 Å². The number of aryl methyl sites for hydroxylation is 1. The van der Waals surface area contributed by atoms with E-state index < -0.39 is 27.4 Å². The van der Waals surface area contributed by atoms with E-state index in [-0.39, 0.29) is 42.3 Å². The monoisotopic (exact) mass is 437 g/mol. The van der Waals surface area contributed by atoms with Crippen molar-refractivity contribution in [2.24, 2.45) is 16.3 Å². The van der Waals surface area contributed by atoms with Crippen molar-refractivity contribution in [2.45, 2.75) is 29.5 Å². The van der Waals surface area contributed by atoms with Gasteiger partial charge in [-0.15, -0.1) is 16.9 Å². The van der Waals surface area contributed by atoms with Crippen molar-refractivity contribution in [3.8, 4) is 0 Å². The standard InChI is InChI=1S/C12H19N7O5S3/c13-7-8(20)18-4-12(10(21)22,5-25-9(7)18)6-26-11-15-16-17-19(11)2-1-3-27(14,23)24/h7,9H,1-6,13H2,(H,21,22)(H2,14,23,24)/t7?,9-,12?/m1/s1. The second kappa shape index (κ2) is 7.54. The third kappa shape index (κ3) is 4.21. The molecule has 1 amide bonds. The Labute approximate surface area is 163 Å². The highest BCUT2D eigenvalue weighted by Crippen LogP contribution is 2.43. The van der Waals surface area contributed by atoms with E-state index in [9.17, 15) is 23.1 Å². The van der Waals surface area contributed by atoms with Crippen LogP contribution in [-0.2, 0) is 26.2 Å². The highest BCUT2D eigenvalue weighted by molar-refractivity contribution is 8.00. The number of aromatic nitrogens is 4. The quantitative estimate of drug-likeness (QED) is 0.294. The van der Waals surface area contributed by atoms with Gasteiger partial charge in [0, 0.05) is 24.6 Å². The summed E-state index contributed by atoms with van der Waals surface area (Å²) < 4.78 is 23.4. The Kier molecular flexibility index (Phi) is 5.67. The number of thioether (sulfide) groups is 2. The first-order valence-corrected chi connectivity index (χ1v) is 11.7. The van der Waals surface area contributed by atoms with Crippen LogP contribution in [0.3, 0.4) is 0 Å². The first-order chi connectivity index (χ1) is 12.6. The van der Waals surface area contributed by atoms with E-state index in [0.29, 0.717) is 10.9 Å². The number of tetrazole rings is 1. The molecule has 3 rings (SSSR count). The van der Waals surface area contributed by atoms with E-state index in [2.05, 4.69) is 15.5 Å². The number of hydrogen-bond donors (Lipinski definition) is 3. The van der Waals surface area contributed by atoms with Gasteiger partial charge in [-0.3, -0.25) is 9.59 Å². The molecule has 15 heteroatoms. The van der Waals surface area contributed by atoms with Crippen LogP contribution in [0.4, 0.5) is 0 Å². The molecular weight excluding hydrogens is 418 g/mol. The summed E-state index contributed by atoms with van der Waals surface area (Å²) in [4.78, 5) is 25.3. The molecule has 2 fully saturated rings. The van der Waals surface area contributed by atoms with Gasteiger partial charge in [-0.05, 0) is 16.8 Å². The number of nitrogens with zero attached hydrogens (tertiary/aromatic N) is 5. The number of carboxylic acids is 1. The maximum atomic E-state index is 11.9. The maximum Gasteiger partial charge on any atom is 0.313 e. The lowest BCUT2D eigenvalue weighted by molar-refractivity contribution is -0.155. The van der Waals surface area contributed by atoms with Crippen molar-refractivity contribution in [3.63, 3.8) is 0 Å². The second-order valence-electron chi connectivity index (χ2n) is 6.47. The number of carbonyl (C=O) groups is 2. The van der Waals surface area contributed by atoms with Crippen molar-refractivity contribution in [2.75, 3.05) is 23.8 Å². The van der Waals surface area contributed by atoms with E-state index >= 15 is 0 Å². The van der Waals surface area contributed by atoms with Crippen LogP contribution in [0.1, 0.15) is 6.42 Å². The topological polar surface area (TPSA) is 187 Å². The van der Waals surface area contributed by atoms with Gasteiger partial charge in [0.15, 0.2) is 0 Å². The average molecular weight is 438 g/mol. The molecule has 1 aromatic heterocycles. The summed E-state index contributed by atoms with van der Waals surface area (Å²) in [5.41, 5.74) is 4.60. The zero-order valence-electron chi connectivity index (χ0n) is 14.1. The molecule has 5 N–H and O–H groups in total. The second-order valence-corrected chi connectivity index (χ2v) is 10.3. The van der Waals surface area contributed by atoms with Crippen molar-refractivity contribution >= 4 is 45.4 Å². The summed E-state index contributed by atoms with van der Waals surface area (Å²) in [6, 6.07) is -0.569. The Morgan fingerprint density at radius 1 is 1.48 bits per heavy atom. The molecule has 2 unspecified atom stereocenters. The highest BCUT2D eigenvalue weighted by atomic mass is 32.2. The van der Waals surface area contributed by atoms with E-state index in [1.54, 1.807) is 0 Å². The van der Waals surface area contributed by atoms with Gasteiger partial charge in [-0.2, -0.15) is 0 Å². The summed E-state index contributed by atoms with van der Waals surface area (Å²) in [6.45, 7) is 0.328. The minimum Gasteiger partial charge on any atom is -0.481 e. The molecule has 0 aliphatic carbocycles. The number of fused-ring (bicyclic) bond motifs is 1. The summed E-state index contributed by atoms with van der Waals surface area (Å²) in [7, 11) is -3.57. The van der Waals surface area contributed by atoms with E-state index in [1.165, 1.54) is 21.3 Å². The molecule has 3 heterocycles. The average Bonchev–Trinajstić information content (AvgIpc) is 3.05.